The molecule has 0 saturated heterocycles. The van der Waals surface area contributed by atoms with Crippen molar-refractivity contribution in [3.8, 4) is 40.0 Å². The number of pyridine rings is 1. The minimum Gasteiger partial charge on any atom is -0.489 e. The number of rotatable bonds is 14. The van der Waals surface area contributed by atoms with E-state index in [0.717, 1.165) is 78.0 Å². The topological polar surface area (TPSA) is 97.6 Å². The molecule has 0 saturated carbocycles. The van der Waals surface area contributed by atoms with Crippen LogP contribution in [0.1, 0.15) is 27.2 Å². The summed E-state index contributed by atoms with van der Waals surface area (Å²) in [5.74, 6) is 0.0732. The Hall–Kier alpha value is -11.4. The molecule has 11 aromatic carbocycles. The van der Waals surface area contributed by atoms with Gasteiger partial charge in [-0.25, -0.2) is 9.78 Å². The van der Waals surface area contributed by atoms with Crippen molar-refractivity contribution < 1.29 is 24.1 Å². The first-order valence-electron chi connectivity index (χ1n) is 28.4. The minimum atomic E-state index is -1.18. The summed E-state index contributed by atoms with van der Waals surface area (Å²) in [5, 5.41) is 19.4. The molecular formula is C75H51N5O5. The average molecular weight is 1100 g/mol. The van der Waals surface area contributed by atoms with E-state index < -0.39 is 5.97 Å². The van der Waals surface area contributed by atoms with Crippen LogP contribution < -0.4 is 14.2 Å². The van der Waals surface area contributed by atoms with Gasteiger partial charge in [-0.3, -0.25) is 0 Å². The van der Waals surface area contributed by atoms with Crippen LogP contribution in [0.3, 0.4) is 0 Å². The average Bonchev–Trinajstić information content (AvgIpc) is 3.63. The van der Waals surface area contributed by atoms with Crippen molar-refractivity contribution in [2.45, 2.75) is 19.8 Å². The van der Waals surface area contributed by atoms with Crippen molar-refractivity contribution in [1.82, 2.24) is 23.3 Å². The van der Waals surface area contributed by atoms with Gasteiger partial charge >= 0.3 is 5.97 Å². The molecule has 0 radical (unpaired) electrons. The number of benzene rings is 11. The smallest absolute Gasteiger partial charge is 0.358 e. The normalized spacial score (nSPS) is 11.8. The van der Waals surface area contributed by atoms with Gasteiger partial charge in [0, 0.05) is 78.1 Å². The van der Waals surface area contributed by atoms with Crippen LogP contribution in [0.5, 0.6) is 17.2 Å². The Morgan fingerprint density at radius 1 is 0.318 bits per heavy atom. The molecule has 85 heavy (non-hydrogen) atoms. The summed E-state index contributed by atoms with van der Waals surface area (Å²) in [5.41, 5.74) is 15.2. The van der Waals surface area contributed by atoms with Crippen molar-refractivity contribution in [2.75, 3.05) is 0 Å². The summed E-state index contributed by atoms with van der Waals surface area (Å²) in [7, 11) is 0. The molecule has 5 aromatic heterocycles. The summed E-state index contributed by atoms with van der Waals surface area (Å²) < 4.78 is 29.6. The first-order valence-corrected chi connectivity index (χ1v) is 28.4. The number of hydrogen-bond acceptors (Lipinski definition) is 5. The van der Waals surface area contributed by atoms with Gasteiger partial charge in [0.1, 0.15) is 31.3 Å². The van der Waals surface area contributed by atoms with Gasteiger partial charge < -0.3 is 37.6 Å². The van der Waals surface area contributed by atoms with Gasteiger partial charge in [0.25, 0.3) is 0 Å². The zero-order valence-corrected chi connectivity index (χ0v) is 45.8. The van der Waals surface area contributed by atoms with Gasteiger partial charge in [-0.1, -0.05) is 146 Å². The SMILES string of the molecule is O=C(O)c1ncccc1OCc1cc(OCc2cc(-n3c4ccccc4c4ccccc43)cc(-n3c4ccccc4c4ccccc43)c2)cc(OCc2cc(-n3c4ccccc4c4ccccc43)cc(-n3c4ccccc4c4ccccc43)c2)c1. The maximum atomic E-state index is 12.3. The number of hydrogen-bond donors (Lipinski definition) is 1. The van der Waals surface area contributed by atoms with Crippen LogP contribution in [-0.4, -0.2) is 34.3 Å². The highest BCUT2D eigenvalue weighted by Gasteiger charge is 2.21. The molecule has 0 aliphatic heterocycles. The zero-order chi connectivity index (χ0) is 56.5. The quantitative estimate of drug-likeness (QED) is 0.116. The van der Waals surface area contributed by atoms with E-state index in [1.54, 1.807) is 12.1 Å². The standard InChI is InChI=1S/C75H51N5O5/c81-75(82)74-73(34-17-35-76-74)85-47-50-40-55(83-45-48-36-51(77-65-26-9-1-18-57(65)58-19-2-10-27-66(58)77)42-52(37-48)78-67-28-11-3-20-59(67)60-21-4-12-29-68(60)78)44-56(41-50)84-46-49-38-53(79-69-30-13-5-22-61(69)62-23-6-14-31-70(62)79)43-54(39-49)80-71-32-15-7-24-63(71)64-25-8-16-33-72(64)80/h1-44H,45-47H2,(H,81,82). The number of para-hydroxylation sites is 8. The molecule has 16 aromatic rings. The number of fused-ring (bicyclic) bond motifs is 12. The molecule has 0 fully saturated rings. The first kappa shape index (κ1) is 49.5. The summed E-state index contributed by atoms with van der Waals surface area (Å²) in [6.45, 7) is 0.420. The second-order valence-electron chi connectivity index (χ2n) is 21.5. The number of aromatic nitrogens is 5. The Bertz CT molecular complexity index is 4560. The zero-order valence-electron chi connectivity index (χ0n) is 45.8. The van der Waals surface area contributed by atoms with E-state index >= 15 is 0 Å². The third-order valence-electron chi connectivity index (χ3n) is 16.4. The van der Waals surface area contributed by atoms with Gasteiger partial charge in [-0.05, 0) is 126 Å². The van der Waals surface area contributed by atoms with Crippen LogP contribution in [0.4, 0.5) is 0 Å². The summed E-state index contributed by atoms with van der Waals surface area (Å²) in [6, 6.07) is 91.0. The Balaban J connectivity index is 0.815. The van der Waals surface area contributed by atoms with Gasteiger partial charge in [-0.15, -0.1) is 0 Å². The fourth-order valence-electron chi connectivity index (χ4n) is 12.8. The van der Waals surface area contributed by atoms with E-state index in [-0.39, 0.29) is 31.3 Å². The molecule has 10 nitrogen and oxygen atoms in total. The van der Waals surface area contributed by atoms with Crippen molar-refractivity contribution in [3.63, 3.8) is 0 Å². The van der Waals surface area contributed by atoms with Gasteiger partial charge in [0.05, 0.1) is 44.1 Å². The lowest BCUT2D eigenvalue weighted by Crippen LogP contribution is -2.07. The highest BCUT2D eigenvalue weighted by Crippen LogP contribution is 2.40. The van der Waals surface area contributed by atoms with E-state index in [1.165, 1.54) is 49.3 Å². The Morgan fingerprint density at radius 3 is 0.882 bits per heavy atom. The van der Waals surface area contributed by atoms with Crippen molar-refractivity contribution in [3.05, 3.63) is 289 Å². The maximum Gasteiger partial charge on any atom is 0.358 e. The highest BCUT2D eigenvalue weighted by molar-refractivity contribution is 6.12. The summed E-state index contributed by atoms with van der Waals surface area (Å²) >= 11 is 0. The summed E-state index contributed by atoms with van der Waals surface area (Å²) in [6.07, 6.45) is 1.45. The molecule has 16 rings (SSSR count). The number of nitrogens with zero attached hydrogens (tertiary/aromatic N) is 5. The molecular weight excluding hydrogens is 1050 g/mol. The molecule has 0 spiro atoms. The maximum absolute atomic E-state index is 12.3. The van der Waals surface area contributed by atoms with Crippen LogP contribution in [-0.2, 0) is 19.8 Å². The monoisotopic (exact) mass is 1100 g/mol. The number of carboxylic acids is 1. The van der Waals surface area contributed by atoms with Crippen LogP contribution in [0.2, 0.25) is 0 Å². The fourth-order valence-corrected chi connectivity index (χ4v) is 12.8. The molecule has 0 unspecified atom stereocenters. The van der Waals surface area contributed by atoms with Gasteiger partial charge in [0.15, 0.2) is 11.4 Å². The van der Waals surface area contributed by atoms with E-state index in [1.807, 2.05) is 18.2 Å². The molecule has 0 bridgehead atoms. The van der Waals surface area contributed by atoms with E-state index in [4.69, 9.17) is 14.2 Å². The number of ether oxygens (including phenoxy) is 3. The summed E-state index contributed by atoms with van der Waals surface area (Å²) in [4.78, 5) is 16.4. The molecule has 5 heterocycles. The molecule has 406 valence electrons. The molecule has 10 heteroatoms. The van der Waals surface area contributed by atoms with Gasteiger partial charge in [0.2, 0.25) is 0 Å². The van der Waals surface area contributed by atoms with Crippen LogP contribution in [0.15, 0.2) is 267 Å². The number of aromatic carboxylic acids is 1. The third-order valence-corrected chi connectivity index (χ3v) is 16.4. The van der Waals surface area contributed by atoms with Crippen molar-refractivity contribution in [1.29, 1.82) is 0 Å². The van der Waals surface area contributed by atoms with Crippen LogP contribution in [0, 0.1) is 0 Å². The lowest BCUT2D eigenvalue weighted by molar-refractivity contribution is 0.0684. The van der Waals surface area contributed by atoms with E-state index in [9.17, 15) is 9.90 Å². The molecule has 0 amide bonds. The Kier molecular flexibility index (Phi) is 11.8. The van der Waals surface area contributed by atoms with Gasteiger partial charge in [-0.2, -0.15) is 0 Å². The fraction of sp³-hybridized carbons (Fsp3) is 0.0400. The number of carbonyl (C=O) groups is 1. The molecule has 1 N–H and O–H groups in total. The lowest BCUT2D eigenvalue weighted by Gasteiger charge is -2.18. The highest BCUT2D eigenvalue weighted by atomic mass is 16.5. The lowest BCUT2D eigenvalue weighted by atomic mass is 10.1. The largest absolute Gasteiger partial charge is 0.489 e. The first-order chi connectivity index (χ1) is 42.0. The van der Waals surface area contributed by atoms with E-state index in [0.29, 0.717) is 17.1 Å². The minimum absolute atomic E-state index is 0.0158. The molecule has 0 aliphatic rings. The molecule has 0 atom stereocenters. The Morgan fingerprint density at radius 2 is 0.588 bits per heavy atom. The second-order valence-corrected chi connectivity index (χ2v) is 21.5. The Labute approximate surface area is 487 Å². The van der Waals surface area contributed by atoms with Crippen molar-refractivity contribution in [2.24, 2.45) is 0 Å². The van der Waals surface area contributed by atoms with E-state index in [2.05, 4.69) is 254 Å². The predicted molar refractivity (Wildman–Crippen MR) is 341 cm³/mol. The predicted octanol–water partition coefficient (Wildman–Crippen LogP) is 17.9. The molecule has 0 aliphatic carbocycles. The third kappa shape index (κ3) is 8.49. The van der Waals surface area contributed by atoms with Crippen LogP contribution in [0.25, 0.3) is 110 Å². The number of carboxylic acid groups (broad SMARTS) is 1. The van der Waals surface area contributed by atoms with Crippen molar-refractivity contribution >= 4 is 93.2 Å². The second kappa shape index (κ2) is 20.3. The van der Waals surface area contributed by atoms with Crippen LogP contribution >= 0.6 is 0 Å².